The maximum absolute atomic E-state index is 12.0. The number of nitrogens with two attached hydrogens (primary N) is 1. The summed E-state index contributed by atoms with van der Waals surface area (Å²) >= 11 is 1.13. The minimum absolute atomic E-state index is 0.151. The van der Waals surface area contributed by atoms with Gasteiger partial charge in [-0.1, -0.05) is 35.7 Å². The average Bonchev–Trinajstić information content (AvgIpc) is 2.92. The summed E-state index contributed by atoms with van der Waals surface area (Å²) in [5.74, 6) is 6.07. The number of hydrogen-bond donors (Lipinski definition) is 3. The van der Waals surface area contributed by atoms with Crippen molar-refractivity contribution in [1.82, 2.24) is 10.6 Å². The number of rotatable bonds is 3. The van der Waals surface area contributed by atoms with Crippen molar-refractivity contribution in [2.24, 2.45) is 5.73 Å². The summed E-state index contributed by atoms with van der Waals surface area (Å²) < 4.78 is 0. The molecule has 0 saturated carbocycles. The van der Waals surface area contributed by atoms with Crippen molar-refractivity contribution in [2.45, 2.75) is 19.0 Å². The number of nitrogens with one attached hydrogen (secondary N) is 2. The van der Waals surface area contributed by atoms with Crippen molar-refractivity contribution in [3.05, 3.63) is 35.4 Å². The minimum Gasteiger partial charge on any atom is -0.348 e. The summed E-state index contributed by atoms with van der Waals surface area (Å²) in [6, 6.07) is 7.04. The van der Waals surface area contributed by atoms with E-state index in [-0.39, 0.29) is 17.2 Å². The van der Waals surface area contributed by atoms with Gasteiger partial charge in [-0.05, 0) is 24.6 Å². The molecule has 0 aliphatic carbocycles. The van der Waals surface area contributed by atoms with Gasteiger partial charge in [0, 0.05) is 11.3 Å². The minimum atomic E-state index is -0.454. The van der Waals surface area contributed by atoms with Crippen molar-refractivity contribution in [2.75, 3.05) is 12.3 Å². The number of thioether (sulfide) groups is 1. The lowest BCUT2D eigenvalue weighted by molar-refractivity contribution is -0.122. The van der Waals surface area contributed by atoms with Gasteiger partial charge in [0.15, 0.2) is 0 Å². The molecule has 2 amide bonds. The van der Waals surface area contributed by atoms with E-state index in [0.29, 0.717) is 12.3 Å². The van der Waals surface area contributed by atoms with E-state index < -0.39 is 6.04 Å². The summed E-state index contributed by atoms with van der Waals surface area (Å²) in [5, 5.41) is 5.38. The zero-order chi connectivity index (χ0) is 15.2. The second-order valence-electron chi connectivity index (χ2n) is 4.66. The van der Waals surface area contributed by atoms with E-state index in [4.69, 9.17) is 5.73 Å². The molecule has 4 N–H and O–H groups in total. The molecule has 2 atom stereocenters. The average molecular weight is 303 g/mol. The molecular weight excluding hydrogens is 286 g/mol. The largest absolute Gasteiger partial charge is 0.348 e. The summed E-state index contributed by atoms with van der Waals surface area (Å²) in [5.41, 5.74) is 7.18. The van der Waals surface area contributed by atoms with Crippen molar-refractivity contribution in [1.29, 1.82) is 0 Å². The Kier molecular flexibility index (Phi) is 5.26. The fourth-order valence-electron chi connectivity index (χ4n) is 1.96. The third-order valence-electron chi connectivity index (χ3n) is 3.07. The second-order valence-corrected chi connectivity index (χ2v) is 5.65. The first kappa shape index (κ1) is 15.4. The Hall–Kier alpha value is -1.97. The highest BCUT2D eigenvalue weighted by Crippen LogP contribution is 2.17. The first-order valence-electron chi connectivity index (χ1n) is 6.62. The number of carbonyl (C=O) groups is 2. The molecule has 5 nitrogen and oxygen atoms in total. The number of hydrogen-bond acceptors (Lipinski definition) is 4. The molecule has 1 aliphatic heterocycles. The van der Waals surface area contributed by atoms with Gasteiger partial charge in [-0.3, -0.25) is 9.59 Å². The van der Waals surface area contributed by atoms with E-state index in [0.717, 1.165) is 22.9 Å². The van der Waals surface area contributed by atoms with E-state index in [2.05, 4.69) is 22.5 Å². The van der Waals surface area contributed by atoms with Crippen molar-refractivity contribution >= 4 is 22.9 Å². The first-order chi connectivity index (χ1) is 10.1. The Balaban J connectivity index is 2.01. The van der Waals surface area contributed by atoms with E-state index in [9.17, 15) is 9.59 Å². The summed E-state index contributed by atoms with van der Waals surface area (Å²) in [4.78, 5) is 23.2. The SMILES string of the molecule is CC(NC(=O)C1CSC(=O)N1)c1cccc(C#CCN)c1. The number of amides is 2. The standard InChI is InChI=1S/C15H17N3O2S/c1-10(17-14(19)13-9-21-15(20)18-13)12-6-2-4-11(8-12)5-3-7-16/h2,4,6,8,10,13H,7,9,16H2,1H3,(H,17,19)(H,18,20). The highest BCUT2D eigenvalue weighted by Gasteiger charge is 2.28. The molecule has 0 aromatic heterocycles. The van der Waals surface area contributed by atoms with E-state index in [1.165, 1.54) is 0 Å². The lowest BCUT2D eigenvalue weighted by Gasteiger charge is -2.17. The van der Waals surface area contributed by atoms with Crippen LogP contribution in [-0.2, 0) is 4.79 Å². The topological polar surface area (TPSA) is 84.2 Å². The molecule has 1 aliphatic rings. The Bertz CT molecular complexity index is 606. The maximum atomic E-state index is 12.0. The molecule has 0 radical (unpaired) electrons. The molecule has 1 saturated heterocycles. The number of carbonyl (C=O) groups excluding carboxylic acids is 2. The fraction of sp³-hybridized carbons (Fsp3) is 0.333. The Morgan fingerprint density at radius 1 is 1.62 bits per heavy atom. The molecule has 0 bridgehead atoms. The van der Waals surface area contributed by atoms with Gasteiger partial charge >= 0.3 is 0 Å². The number of benzene rings is 1. The van der Waals surface area contributed by atoms with E-state index >= 15 is 0 Å². The van der Waals surface area contributed by atoms with Crippen molar-refractivity contribution < 1.29 is 9.59 Å². The predicted molar refractivity (Wildman–Crippen MR) is 83.7 cm³/mol. The first-order valence-corrected chi connectivity index (χ1v) is 7.61. The highest BCUT2D eigenvalue weighted by atomic mass is 32.2. The Morgan fingerprint density at radius 2 is 2.43 bits per heavy atom. The van der Waals surface area contributed by atoms with Gasteiger partial charge in [0.25, 0.3) is 5.24 Å². The molecule has 21 heavy (non-hydrogen) atoms. The molecule has 6 heteroatoms. The Morgan fingerprint density at radius 3 is 3.10 bits per heavy atom. The molecule has 110 valence electrons. The van der Waals surface area contributed by atoms with Gasteiger partial charge in [0.1, 0.15) is 6.04 Å². The highest BCUT2D eigenvalue weighted by molar-refractivity contribution is 8.14. The monoisotopic (exact) mass is 303 g/mol. The van der Waals surface area contributed by atoms with Crippen LogP contribution in [0.2, 0.25) is 0 Å². The van der Waals surface area contributed by atoms with Gasteiger partial charge in [-0.2, -0.15) is 0 Å². The van der Waals surface area contributed by atoms with Crippen LogP contribution in [0.4, 0.5) is 4.79 Å². The van der Waals surface area contributed by atoms with E-state index in [1.54, 1.807) is 0 Å². The molecule has 0 spiro atoms. The fourth-order valence-corrected chi connectivity index (χ4v) is 2.74. The molecule has 1 fully saturated rings. The van der Waals surface area contributed by atoms with Crippen molar-refractivity contribution in [3.8, 4) is 11.8 Å². The molecule has 1 aromatic rings. The third-order valence-corrected chi connectivity index (χ3v) is 3.95. The smallest absolute Gasteiger partial charge is 0.279 e. The van der Waals surface area contributed by atoms with Gasteiger partial charge in [0.05, 0.1) is 12.6 Å². The van der Waals surface area contributed by atoms with Crippen LogP contribution >= 0.6 is 11.8 Å². The van der Waals surface area contributed by atoms with Crippen LogP contribution in [0.15, 0.2) is 24.3 Å². The third kappa shape index (κ3) is 4.25. The zero-order valence-corrected chi connectivity index (χ0v) is 12.5. The maximum Gasteiger partial charge on any atom is 0.279 e. The van der Waals surface area contributed by atoms with Crippen LogP contribution in [0.5, 0.6) is 0 Å². The molecular formula is C15H17N3O2S. The second kappa shape index (κ2) is 7.16. The van der Waals surface area contributed by atoms with Crippen LogP contribution in [0.3, 0.4) is 0 Å². The van der Waals surface area contributed by atoms with E-state index in [1.807, 2.05) is 31.2 Å². The van der Waals surface area contributed by atoms with Gasteiger partial charge in [-0.15, -0.1) is 0 Å². The zero-order valence-electron chi connectivity index (χ0n) is 11.7. The Labute approximate surface area is 128 Å². The molecule has 1 heterocycles. The summed E-state index contributed by atoms with van der Waals surface area (Å²) in [6.45, 7) is 2.22. The van der Waals surface area contributed by atoms with Crippen LogP contribution in [0, 0.1) is 11.8 Å². The normalized spacial score (nSPS) is 18.4. The predicted octanol–water partition coefficient (Wildman–Crippen LogP) is 0.999. The quantitative estimate of drug-likeness (QED) is 0.727. The summed E-state index contributed by atoms with van der Waals surface area (Å²) in [6.07, 6.45) is 0. The van der Waals surface area contributed by atoms with Crippen molar-refractivity contribution in [3.63, 3.8) is 0 Å². The molecule has 2 unspecified atom stereocenters. The molecule has 1 aromatic carbocycles. The lowest BCUT2D eigenvalue weighted by atomic mass is 10.0. The van der Waals surface area contributed by atoms with Crippen LogP contribution in [0.25, 0.3) is 0 Å². The van der Waals surface area contributed by atoms with Gasteiger partial charge in [-0.25, -0.2) is 0 Å². The van der Waals surface area contributed by atoms with Crippen LogP contribution < -0.4 is 16.4 Å². The van der Waals surface area contributed by atoms with Gasteiger partial charge in [0.2, 0.25) is 5.91 Å². The van der Waals surface area contributed by atoms with Crippen LogP contribution in [-0.4, -0.2) is 29.5 Å². The summed E-state index contributed by atoms with van der Waals surface area (Å²) in [7, 11) is 0. The lowest BCUT2D eigenvalue weighted by Crippen LogP contribution is -2.43. The van der Waals surface area contributed by atoms with Gasteiger partial charge < -0.3 is 16.4 Å². The van der Waals surface area contributed by atoms with Crippen LogP contribution in [0.1, 0.15) is 24.1 Å². The molecule has 2 rings (SSSR count).